The lowest BCUT2D eigenvalue weighted by Gasteiger charge is -1.97. The summed E-state index contributed by atoms with van der Waals surface area (Å²) in [5, 5.41) is -0.780. The van der Waals surface area contributed by atoms with Crippen LogP contribution >= 0.6 is 10.7 Å². The zero-order valence-electron chi connectivity index (χ0n) is 7.52. The van der Waals surface area contributed by atoms with Crippen LogP contribution in [-0.4, -0.2) is 13.4 Å². The lowest BCUT2D eigenvalue weighted by Crippen LogP contribution is -1.88. The number of nitrogens with zero attached hydrogens (tertiary/aromatic N) is 1. The van der Waals surface area contributed by atoms with E-state index in [-0.39, 0.29) is 11.1 Å². The number of para-hydroxylation sites is 1. The number of alkyl halides is 2. The van der Waals surface area contributed by atoms with Crippen molar-refractivity contribution in [2.75, 3.05) is 0 Å². The Morgan fingerprint density at radius 2 is 2.06 bits per heavy atom. The maximum Gasteiger partial charge on any atom is 0.332 e. The summed E-state index contributed by atoms with van der Waals surface area (Å²) >= 11 is 0. The highest BCUT2D eigenvalue weighted by Crippen LogP contribution is 2.30. The molecule has 0 unspecified atom stereocenters. The molecule has 86 valence electrons. The predicted molar refractivity (Wildman–Crippen MR) is 52.0 cm³/mol. The fourth-order valence-corrected chi connectivity index (χ4v) is 1.81. The molecule has 0 N–H and O–H groups in total. The minimum atomic E-state index is -4.16. The number of benzene rings is 1. The van der Waals surface area contributed by atoms with Crippen molar-refractivity contribution in [1.29, 1.82) is 0 Å². The van der Waals surface area contributed by atoms with Crippen molar-refractivity contribution in [3.63, 3.8) is 0 Å². The third kappa shape index (κ3) is 1.88. The van der Waals surface area contributed by atoms with E-state index in [2.05, 4.69) is 4.98 Å². The monoisotopic (exact) mass is 267 g/mol. The van der Waals surface area contributed by atoms with E-state index >= 15 is 0 Å². The zero-order chi connectivity index (χ0) is 11.9. The minimum Gasteiger partial charge on any atom is -0.427 e. The predicted octanol–water partition coefficient (Wildman–Crippen LogP) is 2.69. The molecule has 0 saturated carbocycles. The molecule has 0 aliphatic carbocycles. The smallest absolute Gasteiger partial charge is 0.332 e. The molecule has 0 amide bonds. The van der Waals surface area contributed by atoms with Gasteiger partial charge in [-0.2, -0.15) is 4.98 Å². The molecule has 1 heterocycles. The first-order valence-electron chi connectivity index (χ1n) is 4.02. The number of halogens is 3. The fourth-order valence-electron chi connectivity index (χ4n) is 1.23. The first kappa shape index (κ1) is 11.3. The van der Waals surface area contributed by atoms with Gasteiger partial charge in [0.2, 0.25) is 0 Å². The molecule has 0 aliphatic rings. The van der Waals surface area contributed by atoms with Gasteiger partial charge in [-0.25, -0.2) is 17.2 Å². The molecule has 1 aromatic carbocycles. The van der Waals surface area contributed by atoms with Gasteiger partial charge in [-0.1, -0.05) is 6.07 Å². The average molecular weight is 268 g/mol. The van der Waals surface area contributed by atoms with Crippen LogP contribution in [0.2, 0.25) is 0 Å². The van der Waals surface area contributed by atoms with E-state index < -0.39 is 26.3 Å². The lowest BCUT2D eigenvalue weighted by molar-refractivity contribution is 0.151. The number of oxazole rings is 1. The Balaban J connectivity index is 2.76. The molecule has 0 saturated heterocycles. The molecule has 8 heteroatoms. The molecule has 2 rings (SSSR count). The molecule has 16 heavy (non-hydrogen) atoms. The topological polar surface area (TPSA) is 60.2 Å². The Morgan fingerprint density at radius 1 is 1.38 bits per heavy atom. The Kier molecular flexibility index (Phi) is 2.59. The maximum absolute atomic E-state index is 12.5. The molecule has 4 nitrogen and oxygen atoms in total. The molecule has 2 aromatic rings. The maximum atomic E-state index is 12.5. The van der Waals surface area contributed by atoms with Crippen molar-refractivity contribution in [1.82, 2.24) is 4.98 Å². The summed E-state index contributed by atoms with van der Waals surface area (Å²) in [6, 6.07) is 3.82. The van der Waals surface area contributed by atoms with Gasteiger partial charge in [-0.05, 0) is 12.1 Å². The molecule has 0 aliphatic heterocycles. The summed E-state index contributed by atoms with van der Waals surface area (Å²) in [7, 11) is 0.833. The van der Waals surface area contributed by atoms with Crippen molar-refractivity contribution >= 4 is 30.8 Å². The van der Waals surface area contributed by atoms with Gasteiger partial charge < -0.3 is 4.42 Å². The largest absolute Gasteiger partial charge is 0.427 e. The zero-order valence-corrected chi connectivity index (χ0v) is 9.10. The van der Waals surface area contributed by atoms with Gasteiger partial charge in [-0.15, -0.1) is 0 Å². The van der Waals surface area contributed by atoms with Crippen LogP contribution in [0.25, 0.3) is 11.1 Å². The van der Waals surface area contributed by atoms with Crippen molar-refractivity contribution in [2.24, 2.45) is 0 Å². The van der Waals surface area contributed by atoms with Crippen molar-refractivity contribution in [2.45, 2.75) is 11.6 Å². The standard InChI is InChI=1S/C8H4ClF2NO3S/c9-16(13,14)8-12-5-3-1-2-4(7(10)11)6(5)15-8/h1-3,7H. The van der Waals surface area contributed by atoms with Gasteiger partial charge in [0.05, 0.1) is 5.56 Å². The van der Waals surface area contributed by atoms with Crippen LogP contribution < -0.4 is 0 Å². The van der Waals surface area contributed by atoms with Gasteiger partial charge in [0.25, 0.3) is 6.43 Å². The van der Waals surface area contributed by atoms with E-state index in [0.29, 0.717) is 0 Å². The van der Waals surface area contributed by atoms with Crippen LogP contribution in [0.4, 0.5) is 8.78 Å². The summed E-state index contributed by atoms with van der Waals surface area (Å²) < 4.78 is 51.6. The molecule has 0 bridgehead atoms. The second kappa shape index (κ2) is 3.67. The Labute approximate surface area is 93.3 Å². The number of rotatable bonds is 2. The van der Waals surface area contributed by atoms with Crippen molar-refractivity contribution < 1.29 is 21.6 Å². The summed E-state index contributed by atoms with van der Waals surface area (Å²) in [4.78, 5) is 3.51. The number of aromatic nitrogens is 1. The second-order valence-electron chi connectivity index (χ2n) is 2.91. The Bertz CT molecular complexity index is 638. The van der Waals surface area contributed by atoms with Gasteiger partial charge in [0, 0.05) is 10.7 Å². The molecule has 0 fully saturated rings. The van der Waals surface area contributed by atoms with E-state index in [0.717, 1.165) is 6.07 Å². The normalized spacial score (nSPS) is 12.5. The van der Waals surface area contributed by atoms with E-state index in [1.54, 1.807) is 0 Å². The molecule has 0 radical (unpaired) electrons. The molecular formula is C8H4ClF2NO3S. The third-order valence-corrected chi connectivity index (χ3v) is 2.86. The summed E-state index contributed by atoms with van der Waals surface area (Å²) in [5.41, 5.74) is -0.662. The van der Waals surface area contributed by atoms with E-state index in [1.807, 2.05) is 0 Å². The van der Waals surface area contributed by atoms with Crippen LogP contribution in [0.1, 0.15) is 12.0 Å². The van der Waals surface area contributed by atoms with Crippen LogP contribution in [-0.2, 0) is 9.05 Å². The second-order valence-corrected chi connectivity index (χ2v) is 5.36. The van der Waals surface area contributed by atoms with Gasteiger partial charge in [0.15, 0.2) is 5.58 Å². The number of fused-ring (bicyclic) bond motifs is 1. The number of hydrogen-bond acceptors (Lipinski definition) is 4. The SMILES string of the molecule is O=S(=O)(Cl)c1nc2cccc(C(F)F)c2o1. The van der Waals surface area contributed by atoms with E-state index in [4.69, 9.17) is 15.1 Å². The summed E-state index contributed by atoms with van der Waals surface area (Å²) in [5.74, 6) is 0. The quantitative estimate of drug-likeness (QED) is 0.785. The van der Waals surface area contributed by atoms with Gasteiger partial charge in [0.1, 0.15) is 5.52 Å². The van der Waals surface area contributed by atoms with Crippen molar-refractivity contribution in [3.8, 4) is 0 Å². The highest BCUT2D eigenvalue weighted by Gasteiger charge is 2.22. The fraction of sp³-hybridized carbons (Fsp3) is 0.125. The van der Waals surface area contributed by atoms with E-state index in [9.17, 15) is 17.2 Å². The minimum absolute atomic E-state index is 0.0250. The van der Waals surface area contributed by atoms with Crippen LogP contribution in [0.3, 0.4) is 0 Å². The summed E-state index contributed by atoms with van der Waals surface area (Å²) in [6.45, 7) is 0. The van der Waals surface area contributed by atoms with Crippen molar-refractivity contribution in [3.05, 3.63) is 23.8 Å². The first-order chi connectivity index (χ1) is 7.39. The highest BCUT2D eigenvalue weighted by molar-refractivity contribution is 8.13. The summed E-state index contributed by atoms with van der Waals surface area (Å²) in [6.07, 6.45) is -2.78. The average Bonchev–Trinajstić information content (AvgIpc) is 2.59. The molecule has 0 spiro atoms. The third-order valence-electron chi connectivity index (χ3n) is 1.87. The van der Waals surface area contributed by atoms with E-state index in [1.165, 1.54) is 12.1 Å². The Hall–Kier alpha value is -1.21. The van der Waals surface area contributed by atoms with Gasteiger partial charge in [-0.3, -0.25) is 0 Å². The first-order valence-corrected chi connectivity index (χ1v) is 6.33. The van der Waals surface area contributed by atoms with Crippen LogP contribution in [0, 0.1) is 0 Å². The molecule has 1 aromatic heterocycles. The van der Waals surface area contributed by atoms with Crippen LogP contribution in [0.15, 0.2) is 27.8 Å². The lowest BCUT2D eigenvalue weighted by atomic mass is 10.2. The Morgan fingerprint density at radius 3 is 2.62 bits per heavy atom. The highest BCUT2D eigenvalue weighted by atomic mass is 35.7. The van der Waals surface area contributed by atoms with Crippen LogP contribution in [0.5, 0.6) is 0 Å². The molecule has 0 atom stereocenters. The number of hydrogen-bond donors (Lipinski definition) is 0. The molecular weight excluding hydrogens is 264 g/mol. The van der Waals surface area contributed by atoms with Gasteiger partial charge >= 0.3 is 14.3 Å².